The maximum Gasteiger partial charge on any atom is 0.315 e. The third-order valence-corrected chi connectivity index (χ3v) is 6.21. The van der Waals surface area contributed by atoms with Crippen LogP contribution in [0.25, 0.3) is 0 Å². The van der Waals surface area contributed by atoms with E-state index < -0.39 is 28.8 Å². The number of carbonyl (C=O) groups is 1. The number of nitrogens with zero attached hydrogens (tertiary/aromatic N) is 2. The molecule has 1 fully saturated rings. The van der Waals surface area contributed by atoms with Crippen molar-refractivity contribution in [3.05, 3.63) is 59.2 Å². The number of nitrogens with one attached hydrogen (secondary N) is 1. The van der Waals surface area contributed by atoms with Crippen molar-refractivity contribution in [1.82, 2.24) is 4.98 Å². The predicted octanol–water partition coefficient (Wildman–Crippen LogP) is 4.29. The van der Waals surface area contributed by atoms with Gasteiger partial charge < -0.3 is 15.8 Å². The van der Waals surface area contributed by atoms with Crippen molar-refractivity contribution in [3.63, 3.8) is 0 Å². The standard InChI is InChI=1S/C22H23F3N4O2/c1-13-5-7-15(28-18(30)17-8-6-14(23)12-27-17)11-16(13)20(2)22(24,25)21(9-3-4-10-21)31-19(26)29-20/h5-8,11-12H,3-4,9-10H2,1-2H3,(H2,26,29)(H,28,30). The molecule has 3 N–H and O–H groups in total. The normalized spacial score (nSPS) is 23.8. The Kier molecular flexibility index (Phi) is 4.94. The summed E-state index contributed by atoms with van der Waals surface area (Å²) in [6.07, 6.45) is 2.56. The summed E-state index contributed by atoms with van der Waals surface area (Å²) in [5.41, 5.74) is 3.29. The fourth-order valence-electron chi connectivity index (χ4n) is 4.54. The summed E-state index contributed by atoms with van der Waals surface area (Å²) in [5.74, 6) is -4.49. The van der Waals surface area contributed by atoms with Crippen LogP contribution in [0.2, 0.25) is 0 Å². The number of hydrogen-bond acceptors (Lipinski definition) is 5. The molecule has 4 rings (SSSR count). The van der Waals surface area contributed by atoms with Gasteiger partial charge in [0.05, 0.1) is 6.20 Å². The van der Waals surface area contributed by atoms with E-state index in [1.807, 2.05) is 0 Å². The van der Waals surface area contributed by atoms with Gasteiger partial charge in [0.25, 0.3) is 11.9 Å². The summed E-state index contributed by atoms with van der Waals surface area (Å²) in [4.78, 5) is 20.2. The van der Waals surface area contributed by atoms with Gasteiger partial charge in [-0.2, -0.15) is 8.78 Å². The van der Waals surface area contributed by atoms with E-state index in [4.69, 9.17) is 10.5 Å². The van der Waals surface area contributed by atoms with E-state index >= 15 is 8.78 Å². The predicted molar refractivity (Wildman–Crippen MR) is 110 cm³/mol. The number of hydrogen-bond donors (Lipinski definition) is 2. The van der Waals surface area contributed by atoms with Crippen molar-refractivity contribution in [3.8, 4) is 0 Å². The molecule has 1 spiro atoms. The number of pyridine rings is 1. The number of alkyl halides is 2. The van der Waals surface area contributed by atoms with Gasteiger partial charge in [-0.1, -0.05) is 6.07 Å². The first-order chi connectivity index (χ1) is 14.6. The lowest BCUT2D eigenvalue weighted by Gasteiger charge is -2.49. The van der Waals surface area contributed by atoms with Crippen LogP contribution >= 0.6 is 0 Å². The van der Waals surface area contributed by atoms with Gasteiger partial charge in [0.1, 0.15) is 11.5 Å². The first-order valence-corrected chi connectivity index (χ1v) is 10.0. The first kappa shape index (κ1) is 21.1. The molecule has 2 aromatic rings. The van der Waals surface area contributed by atoms with Crippen molar-refractivity contribution in [2.45, 2.75) is 56.6 Å². The van der Waals surface area contributed by atoms with Gasteiger partial charge in [-0.3, -0.25) is 4.79 Å². The quantitative estimate of drug-likeness (QED) is 0.757. The van der Waals surface area contributed by atoms with Crippen molar-refractivity contribution in [2.24, 2.45) is 10.7 Å². The number of ether oxygens (including phenoxy) is 1. The number of nitrogens with two attached hydrogens (primary N) is 1. The molecule has 1 aromatic heterocycles. The lowest BCUT2D eigenvalue weighted by molar-refractivity contribution is -0.220. The average molecular weight is 432 g/mol. The summed E-state index contributed by atoms with van der Waals surface area (Å²) < 4.78 is 50.4. The lowest BCUT2D eigenvalue weighted by Crippen LogP contribution is -2.63. The molecule has 0 saturated heterocycles. The number of halogens is 3. The molecule has 2 heterocycles. The molecule has 1 aromatic carbocycles. The Morgan fingerprint density at radius 3 is 2.55 bits per heavy atom. The van der Waals surface area contributed by atoms with E-state index in [1.165, 1.54) is 19.1 Å². The number of amides is 1. The molecule has 0 radical (unpaired) electrons. The molecule has 1 aliphatic heterocycles. The zero-order chi connectivity index (χ0) is 22.4. The van der Waals surface area contributed by atoms with Crippen LogP contribution in [0, 0.1) is 12.7 Å². The van der Waals surface area contributed by atoms with Gasteiger partial charge in [-0.15, -0.1) is 0 Å². The van der Waals surface area contributed by atoms with Crippen LogP contribution in [0.1, 0.15) is 54.2 Å². The van der Waals surface area contributed by atoms with Gasteiger partial charge in [-0.05, 0) is 74.9 Å². The van der Waals surface area contributed by atoms with Crippen LogP contribution < -0.4 is 11.1 Å². The number of benzene rings is 1. The van der Waals surface area contributed by atoms with Crippen LogP contribution in [0.3, 0.4) is 0 Å². The molecular weight excluding hydrogens is 409 g/mol. The van der Waals surface area contributed by atoms with Crippen LogP contribution in [-0.2, 0) is 10.3 Å². The second kappa shape index (κ2) is 7.25. The number of aliphatic imine (C=N–C) groups is 1. The highest BCUT2D eigenvalue weighted by atomic mass is 19.3. The van der Waals surface area contributed by atoms with Crippen molar-refractivity contribution >= 4 is 17.6 Å². The number of amidine groups is 1. The lowest BCUT2D eigenvalue weighted by atomic mass is 9.73. The first-order valence-electron chi connectivity index (χ1n) is 10.0. The maximum atomic E-state index is 15.9. The van der Waals surface area contributed by atoms with Crippen molar-refractivity contribution < 1.29 is 22.7 Å². The minimum Gasteiger partial charge on any atom is -0.452 e. The summed E-state index contributed by atoms with van der Waals surface area (Å²) >= 11 is 0. The minimum atomic E-state index is -3.33. The van der Waals surface area contributed by atoms with Crippen LogP contribution in [-0.4, -0.2) is 28.4 Å². The highest BCUT2D eigenvalue weighted by molar-refractivity contribution is 6.02. The van der Waals surface area contributed by atoms with Gasteiger partial charge in [0.2, 0.25) is 0 Å². The molecule has 1 atom stereocenters. The second-order valence-electron chi connectivity index (χ2n) is 8.25. The zero-order valence-electron chi connectivity index (χ0n) is 17.2. The average Bonchev–Trinajstić information content (AvgIpc) is 3.18. The Hall–Kier alpha value is -3.10. The number of carbonyl (C=O) groups excluding carboxylic acids is 1. The van der Waals surface area contributed by atoms with Gasteiger partial charge in [-0.25, -0.2) is 14.4 Å². The Morgan fingerprint density at radius 2 is 1.90 bits per heavy atom. The van der Waals surface area contributed by atoms with E-state index in [0.717, 1.165) is 12.3 Å². The molecule has 31 heavy (non-hydrogen) atoms. The van der Waals surface area contributed by atoms with Gasteiger partial charge >= 0.3 is 5.92 Å². The fourth-order valence-corrected chi connectivity index (χ4v) is 4.54. The fraction of sp³-hybridized carbons (Fsp3) is 0.409. The van der Waals surface area contributed by atoms with E-state index in [2.05, 4.69) is 15.3 Å². The molecule has 164 valence electrons. The molecule has 6 nitrogen and oxygen atoms in total. The smallest absolute Gasteiger partial charge is 0.315 e. The van der Waals surface area contributed by atoms with E-state index in [0.29, 0.717) is 18.4 Å². The number of anilines is 1. The van der Waals surface area contributed by atoms with E-state index in [-0.39, 0.29) is 35.8 Å². The van der Waals surface area contributed by atoms with Crippen molar-refractivity contribution in [1.29, 1.82) is 0 Å². The monoisotopic (exact) mass is 432 g/mol. The molecule has 9 heteroatoms. The summed E-state index contributed by atoms with van der Waals surface area (Å²) in [6.45, 7) is 3.05. The Balaban J connectivity index is 1.73. The number of aryl methyl sites for hydroxylation is 1. The van der Waals surface area contributed by atoms with E-state index in [1.54, 1.807) is 19.1 Å². The van der Waals surface area contributed by atoms with Crippen LogP contribution in [0.4, 0.5) is 18.9 Å². The molecule has 1 amide bonds. The number of aromatic nitrogens is 1. The molecule has 1 saturated carbocycles. The summed E-state index contributed by atoms with van der Waals surface area (Å²) in [5, 5.41) is 2.62. The van der Waals surface area contributed by atoms with Crippen molar-refractivity contribution in [2.75, 3.05) is 5.32 Å². The third kappa shape index (κ3) is 3.32. The molecule has 2 aliphatic rings. The Bertz CT molecular complexity index is 1050. The minimum absolute atomic E-state index is 0.00157. The summed E-state index contributed by atoms with van der Waals surface area (Å²) in [6, 6.07) is 6.79. The largest absolute Gasteiger partial charge is 0.452 e. The van der Waals surface area contributed by atoms with Gasteiger partial charge in [0, 0.05) is 5.69 Å². The third-order valence-electron chi connectivity index (χ3n) is 6.21. The molecular formula is C22H23F3N4O2. The Morgan fingerprint density at radius 1 is 1.19 bits per heavy atom. The topological polar surface area (TPSA) is 89.6 Å². The second-order valence-corrected chi connectivity index (χ2v) is 8.25. The maximum absolute atomic E-state index is 15.9. The number of rotatable bonds is 3. The Labute approximate surface area is 177 Å². The molecule has 0 bridgehead atoms. The highest BCUT2D eigenvalue weighted by Crippen LogP contribution is 2.57. The molecule has 1 unspecified atom stereocenters. The van der Waals surface area contributed by atoms with Gasteiger partial charge in [0.15, 0.2) is 11.1 Å². The van der Waals surface area contributed by atoms with Crippen LogP contribution in [0.5, 0.6) is 0 Å². The highest BCUT2D eigenvalue weighted by Gasteiger charge is 2.70. The summed E-state index contributed by atoms with van der Waals surface area (Å²) in [7, 11) is 0. The molecule has 1 aliphatic carbocycles. The van der Waals surface area contributed by atoms with Crippen LogP contribution in [0.15, 0.2) is 41.5 Å². The SMILES string of the molecule is Cc1ccc(NC(=O)c2ccc(F)cn2)cc1C1(C)N=C(N)OC2(CCCC2)C1(F)F. The van der Waals surface area contributed by atoms with E-state index in [9.17, 15) is 9.18 Å². The zero-order valence-corrected chi connectivity index (χ0v) is 17.2.